The molecule has 4 nitrogen and oxygen atoms in total. The van der Waals surface area contributed by atoms with Crippen LogP contribution in [0.5, 0.6) is 11.5 Å². The van der Waals surface area contributed by atoms with Gasteiger partial charge in [0.1, 0.15) is 17.0 Å². The highest BCUT2D eigenvalue weighted by Crippen LogP contribution is 2.21. The van der Waals surface area contributed by atoms with Gasteiger partial charge in [-0.25, -0.2) is 4.98 Å². The number of aryl methyl sites for hydroxylation is 1. The molecule has 20 heavy (non-hydrogen) atoms. The lowest BCUT2D eigenvalue weighted by Crippen LogP contribution is -1.95. The molecule has 102 valence electrons. The third kappa shape index (κ3) is 2.59. The van der Waals surface area contributed by atoms with Gasteiger partial charge in [0.25, 0.3) is 0 Å². The number of fused-ring (bicyclic) bond motifs is 1. The van der Waals surface area contributed by atoms with Crippen LogP contribution in [0, 0.1) is 0 Å². The minimum absolute atomic E-state index is 0.175. The fourth-order valence-corrected chi connectivity index (χ4v) is 2.03. The fourth-order valence-electron chi connectivity index (χ4n) is 2.03. The van der Waals surface area contributed by atoms with Gasteiger partial charge in [-0.05, 0) is 36.2 Å². The van der Waals surface area contributed by atoms with E-state index in [1.807, 2.05) is 18.2 Å². The standard InChI is InChI=1S/C16H15NO3/c1-2-11-4-3-5-13(8-11)19-10-16-17-14-9-12(18)6-7-15(14)20-16/h3-9,18H,2,10H2,1H3. The number of ether oxygens (including phenoxy) is 1. The number of oxazole rings is 1. The maximum Gasteiger partial charge on any atom is 0.233 e. The Morgan fingerprint density at radius 1 is 1.20 bits per heavy atom. The Bertz CT molecular complexity index is 733. The van der Waals surface area contributed by atoms with Crippen molar-refractivity contribution in [2.75, 3.05) is 0 Å². The van der Waals surface area contributed by atoms with Gasteiger partial charge in [0, 0.05) is 6.07 Å². The van der Waals surface area contributed by atoms with Gasteiger partial charge >= 0.3 is 0 Å². The van der Waals surface area contributed by atoms with Gasteiger partial charge in [0.2, 0.25) is 5.89 Å². The van der Waals surface area contributed by atoms with Gasteiger partial charge in [-0.3, -0.25) is 0 Å². The van der Waals surface area contributed by atoms with E-state index in [1.165, 1.54) is 5.56 Å². The highest BCUT2D eigenvalue weighted by atomic mass is 16.5. The number of nitrogens with zero attached hydrogens (tertiary/aromatic N) is 1. The third-order valence-corrected chi connectivity index (χ3v) is 3.08. The number of aromatic nitrogens is 1. The van der Waals surface area contributed by atoms with Crippen LogP contribution in [0.3, 0.4) is 0 Å². The number of benzene rings is 2. The van der Waals surface area contributed by atoms with Crippen molar-refractivity contribution in [1.82, 2.24) is 4.98 Å². The van der Waals surface area contributed by atoms with Crippen molar-refractivity contribution in [3.05, 3.63) is 53.9 Å². The molecule has 0 spiro atoms. The van der Waals surface area contributed by atoms with Crippen LogP contribution in [-0.4, -0.2) is 10.1 Å². The topological polar surface area (TPSA) is 55.5 Å². The van der Waals surface area contributed by atoms with Crippen LogP contribution in [0.1, 0.15) is 18.4 Å². The summed E-state index contributed by atoms with van der Waals surface area (Å²) in [6.07, 6.45) is 0.972. The Balaban J connectivity index is 1.76. The van der Waals surface area contributed by atoms with Crippen LogP contribution in [0.25, 0.3) is 11.1 Å². The number of rotatable bonds is 4. The molecule has 0 saturated carbocycles. The number of phenolic OH excluding ortho intramolecular Hbond substituents is 1. The van der Waals surface area contributed by atoms with Crippen LogP contribution in [0.2, 0.25) is 0 Å². The molecule has 0 radical (unpaired) electrons. The predicted octanol–water partition coefficient (Wildman–Crippen LogP) is 3.67. The average Bonchev–Trinajstić information content (AvgIpc) is 2.87. The lowest BCUT2D eigenvalue weighted by atomic mass is 10.2. The highest BCUT2D eigenvalue weighted by Gasteiger charge is 2.07. The Morgan fingerprint density at radius 3 is 2.95 bits per heavy atom. The maximum absolute atomic E-state index is 9.39. The van der Waals surface area contributed by atoms with E-state index in [1.54, 1.807) is 18.2 Å². The van der Waals surface area contributed by atoms with Gasteiger partial charge in [0.15, 0.2) is 12.2 Å². The third-order valence-electron chi connectivity index (χ3n) is 3.08. The smallest absolute Gasteiger partial charge is 0.233 e. The predicted molar refractivity (Wildman–Crippen MR) is 75.8 cm³/mol. The molecule has 3 rings (SSSR count). The minimum atomic E-state index is 0.175. The van der Waals surface area contributed by atoms with Gasteiger partial charge in [-0.1, -0.05) is 19.1 Å². The summed E-state index contributed by atoms with van der Waals surface area (Å²) in [4.78, 5) is 4.28. The van der Waals surface area contributed by atoms with E-state index < -0.39 is 0 Å². The first kappa shape index (κ1) is 12.5. The zero-order chi connectivity index (χ0) is 13.9. The molecule has 0 aliphatic rings. The van der Waals surface area contributed by atoms with E-state index in [2.05, 4.69) is 18.0 Å². The van der Waals surface area contributed by atoms with Crippen molar-refractivity contribution in [2.45, 2.75) is 20.0 Å². The summed E-state index contributed by atoms with van der Waals surface area (Å²) in [6.45, 7) is 2.37. The van der Waals surface area contributed by atoms with E-state index in [9.17, 15) is 5.11 Å². The number of aromatic hydroxyl groups is 1. The van der Waals surface area contributed by atoms with Crippen LogP contribution in [-0.2, 0) is 13.0 Å². The van der Waals surface area contributed by atoms with Crippen molar-refractivity contribution in [2.24, 2.45) is 0 Å². The molecule has 1 N–H and O–H groups in total. The molecule has 0 unspecified atom stereocenters. The molecule has 0 saturated heterocycles. The molecule has 0 aliphatic heterocycles. The van der Waals surface area contributed by atoms with Gasteiger partial charge in [-0.2, -0.15) is 0 Å². The summed E-state index contributed by atoms with van der Waals surface area (Å²) >= 11 is 0. The van der Waals surface area contributed by atoms with Crippen molar-refractivity contribution in [3.63, 3.8) is 0 Å². The zero-order valence-electron chi connectivity index (χ0n) is 11.2. The first-order valence-corrected chi connectivity index (χ1v) is 6.55. The Hall–Kier alpha value is -2.49. The molecule has 3 aromatic rings. The maximum atomic E-state index is 9.39. The van der Waals surface area contributed by atoms with Crippen molar-refractivity contribution in [3.8, 4) is 11.5 Å². The van der Waals surface area contributed by atoms with Crippen molar-refractivity contribution in [1.29, 1.82) is 0 Å². The molecule has 1 aromatic heterocycles. The summed E-state index contributed by atoms with van der Waals surface area (Å²) in [5.74, 6) is 1.47. The number of hydrogen-bond acceptors (Lipinski definition) is 4. The monoisotopic (exact) mass is 269 g/mol. The Kier molecular flexibility index (Phi) is 3.29. The van der Waals surface area contributed by atoms with Crippen LogP contribution >= 0.6 is 0 Å². The minimum Gasteiger partial charge on any atom is -0.508 e. The molecular formula is C16H15NO3. The highest BCUT2D eigenvalue weighted by molar-refractivity contribution is 5.74. The molecular weight excluding hydrogens is 254 g/mol. The van der Waals surface area contributed by atoms with E-state index in [4.69, 9.17) is 9.15 Å². The molecule has 0 fully saturated rings. The SMILES string of the molecule is CCc1cccc(OCc2nc3cc(O)ccc3o2)c1. The van der Waals surface area contributed by atoms with Crippen LogP contribution < -0.4 is 4.74 Å². The second kappa shape index (κ2) is 5.25. The lowest BCUT2D eigenvalue weighted by Gasteiger charge is -2.04. The van der Waals surface area contributed by atoms with E-state index in [-0.39, 0.29) is 12.4 Å². The molecule has 0 bridgehead atoms. The van der Waals surface area contributed by atoms with Crippen molar-refractivity contribution >= 4 is 11.1 Å². The van der Waals surface area contributed by atoms with Gasteiger partial charge < -0.3 is 14.3 Å². The second-order valence-corrected chi connectivity index (χ2v) is 4.55. The summed E-state index contributed by atoms with van der Waals surface area (Å²) < 4.78 is 11.2. The Morgan fingerprint density at radius 2 is 2.10 bits per heavy atom. The molecule has 0 amide bonds. The van der Waals surface area contributed by atoms with E-state index in [0.717, 1.165) is 12.2 Å². The fraction of sp³-hybridized carbons (Fsp3) is 0.188. The average molecular weight is 269 g/mol. The molecule has 0 aliphatic carbocycles. The van der Waals surface area contributed by atoms with Gasteiger partial charge in [-0.15, -0.1) is 0 Å². The first-order valence-electron chi connectivity index (χ1n) is 6.55. The Labute approximate surface area is 116 Å². The summed E-state index contributed by atoms with van der Waals surface area (Å²) in [6, 6.07) is 12.8. The second-order valence-electron chi connectivity index (χ2n) is 4.55. The quantitative estimate of drug-likeness (QED) is 0.785. The van der Waals surface area contributed by atoms with Crippen LogP contribution in [0.15, 0.2) is 46.9 Å². The lowest BCUT2D eigenvalue weighted by molar-refractivity contribution is 0.267. The summed E-state index contributed by atoms with van der Waals surface area (Å²) in [7, 11) is 0. The normalized spacial score (nSPS) is 10.8. The number of hydrogen-bond donors (Lipinski definition) is 1. The van der Waals surface area contributed by atoms with E-state index in [0.29, 0.717) is 17.0 Å². The van der Waals surface area contributed by atoms with Gasteiger partial charge in [0.05, 0.1) is 0 Å². The van der Waals surface area contributed by atoms with Crippen LogP contribution in [0.4, 0.5) is 0 Å². The summed E-state index contributed by atoms with van der Waals surface area (Å²) in [5, 5.41) is 9.39. The molecule has 0 atom stereocenters. The molecule has 1 heterocycles. The first-order chi connectivity index (χ1) is 9.74. The summed E-state index contributed by atoms with van der Waals surface area (Å²) in [5.41, 5.74) is 2.50. The molecule has 4 heteroatoms. The van der Waals surface area contributed by atoms with Crippen molar-refractivity contribution < 1.29 is 14.3 Å². The van der Waals surface area contributed by atoms with E-state index >= 15 is 0 Å². The largest absolute Gasteiger partial charge is 0.508 e. The molecule has 2 aromatic carbocycles. The number of phenols is 1. The zero-order valence-corrected chi connectivity index (χ0v) is 11.2.